The standard InChI is InChI=1S/C27H34O6/c1-14-4-5-20(32-14)16-12-15-13-19(28)23-24(33-23)26(15,3)18-6-9-25(2)17(22(16)18)7-10-27(25,31)11-8-21(29)30/h4-5,13,16-18,22-24,31H,6-12H2,1-3H3,(H,29,30)/t16-,17-,18-,22-,23?,24?,25-,26-,27+/m0/s1. The molecule has 3 saturated carbocycles. The highest BCUT2D eigenvalue weighted by Gasteiger charge is 2.71. The number of fused-ring (bicyclic) bond motifs is 7. The number of aryl methyl sites for hydroxylation is 1. The van der Waals surface area contributed by atoms with Crippen molar-refractivity contribution in [3.63, 3.8) is 0 Å². The first-order valence-corrected chi connectivity index (χ1v) is 12.5. The molecule has 0 bridgehead atoms. The molecule has 4 aliphatic carbocycles. The second-order valence-electron chi connectivity index (χ2n) is 11.8. The van der Waals surface area contributed by atoms with Crippen LogP contribution in [0.4, 0.5) is 0 Å². The van der Waals surface area contributed by atoms with Crippen LogP contribution in [-0.2, 0) is 14.3 Å². The number of carboxylic acids is 1. The molecule has 6 nitrogen and oxygen atoms in total. The Morgan fingerprint density at radius 1 is 1.18 bits per heavy atom. The Bertz CT molecular complexity index is 1050. The molecule has 1 aliphatic heterocycles. The van der Waals surface area contributed by atoms with Gasteiger partial charge in [-0.05, 0) is 86.8 Å². The number of epoxide rings is 1. The zero-order valence-electron chi connectivity index (χ0n) is 19.7. The van der Waals surface area contributed by atoms with Gasteiger partial charge >= 0.3 is 5.97 Å². The largest absolute Gasteiger partial charge is 0.481 e. The highest BCUT2D eigenvalue weighted by molar-refractivity contribution is 5.98. The molecule has 0 radical (unpaired) electrons. The van der Waals surface area contributed by atoms with Crippen molar-refractivity contribution >= 4 is 11.8 Å². The first-order chi connectivity index (χ1) is 15.6. The summed E-state index contributed by atoms with van der Waals surface area (Å²) in [6.45, 7) is 6.46. The Morgan fingerprint density at radius 3 is 2.64 bits per heavy atom. The van der Waals surface area contributed by atoms with Gasteiger partial charge < -0.3 is 19.4 Å². The third kappa shape index (κ3) is 2.80. The van der Waals surface area contributed by atoms with E-state index in [0.29, 0.717) is 24.7 Å². The van der Waals surface area contributed by atoms with Crippen LogP contribution in [0, 0.1) is 35.5 Å². The summed E-state index contributed by atoms with van der Waals surface area (Å²) in [7, 11) is 0. The maximum Gasteiger partial charge on any atom is 0.303 e. The van der Waals surface area contributed by atoms with Crippen LogP contribution in [0.25, 0.3) is 0 Å². The molecule has 6 heteroatoms. The van der Waals surface area contributed by atoms with Crippen molar-refractivity contribution in [2.24, 2.45) is 28.6 Å². The molecular formula is C27H34O6. The van der Waals surface area contributed by atoms with Gasteiger partial charge in [-0.15, -0.1) is 0 Å². The number of carboxylic acid groups (broad SMARTS) is 1. The van der Waals surface area contributed by atoms with Crippen molar-refractivity contribution in [2.45, 2.75) is 89.4 Å². The van der Waals surface area contributed by atoms with Crippen molar-refractivity contribution < 1.29 is 29.0 Å². The van der Waals surface area contributed by atoms with Gasteiger partial charge in [0.1, 0.15) is 23.7 Å². The fraction of sp³-hybridized carbons (Fsp3) is 0.704. The molecule has 5 aliphatic rings. The predicted octanol–water partition coefficient (Wildman–Crippen LogP) is 4.40. The molecular weight excluding hydrogens is 420 g/mol. The third-order valence-corrected chi connectivity index (χ3v) is 10.6. The van der Waals surface area contributed by atoms with Crippen LogP contribution in [-0.4, -0.2) is 39.8 Å². The molecule has 33 heavy (non-hydrogen) atoms. The minimum atomic E-state index is -0.956. The summed E-state index contributed by atoms with van der Waals surface area (Å²) < 4.78 is 12.1. The monoisotopic (exact) mass is 454 g/mol. The quantitative estimate of drug-likeness (QED) is 0.654. The molecule has 0 aromatic carbocycles. The Balaban J connectivity index is 1.43. The maximum atomic E-state index is 12.6. The number of ether oxygens (including phenoxy) is 1. The van der Waals surface area contributed by atoms with E-state index in [-0.39, 0.29) is 47.1 Å². The average molecular weight is 455 g/mol. The normalized spacial score (nSPS) is 47.8. The van der Waals surface area contributed by atoms with Crippen LogP contribution in [0.5, 0.6) is 0 Å². The van der Waals surface area contributed by atoms with Crippen molar-refractivity contribution in [3.8, 4) is 0 Å². The van der Waals surface area contributed by atoms with E-state index < -0.39 is 11.6 Å². The molecule has 0 amide bonds. The van der Waals surface area contributed by atoms with E-state index in [2.05, 4.69) is 19.9 Å². The van der Waals surface area contributed by atoms with Gasteiger partial charge in [0.2, 0.25) is 0 Å². The molecule has 4 fully saturated rings. The number of ketones is 1. The topological polar surface area (TPSA) is 100 Å². The molecule has 2 unspecified atom stereocenters. The van der Waals surface area contributed by atoms with Crippen LogP contribution in [0.15, 0.2) is 28.2 Å². The van der Waals surface area contributed by atoms with Crippen LogP contribution < -0.4 is 0 Å². The number of hydrogen-bond donors (Lipinski definition) is 2. The van der Waals surface area contributed by atoms with Crippen molar-refractivity contribution in [1.29, 1.82) is 0 Å². The first-order valence-electron chi connectivity index (χ1n) is 12.5. The summed E-state index contributed by atoms with van der Waals surface area (Å²) in [6.07, 6.45) is 5.98. The molecule has 1 aromatic rings. The number of furan rings is 1. The van der Waals surface area contributed by atoms with Gasteiger partial charge in [0.15, 0.2) is 5.78 Å². The van der Waals surface area contributed by atoms with E-state index in [1.165, 1.54) is 5.57 Å². The summed E-state index contributed by atoms with van der Waals surface area (Å²) in [6, 6.07) is 4.09. The molecule has 1 saturated heterocycles. The zero-order chi connectivity index (χ0) is 23.3. The lowest BCUT2D eigenvalue weighted by Crippen LogP contribution is -2.58. The van der Waals surface area contributed by atoms with E-state index in [0.717, 1.165) is 37.2 Å². The Labute approximate surface area is 194 Å². The highest BCUT2D eigenvalue weighted by Crippen LogP contribution is 2.72. The Kier molecular flexibility index (Phi) is 4.46. The lowest BCUT2D eigenvalue weighted by molar-refractivity contribution is -0.149. The lowest BCUT2D eigenvalue weighted by atomic mass is 9.43. The van der Waals surface area contributed by atoms with Gasteiger partial charge in [-0.3, -0.25) is 9.59 Å². The minimum Gasteiger partial charge on any atom is -0.481 e. The SMILES string of the molecule is Cc1ccc([C@@H]2CC3=CC(=O)C4OC4[C@]3(C)[C@H]3CC[C@@]4(C)[C@@H](CC[C@@]4(O)CCC(=O)O)[C@H]23)o1. The fourth-order valence-corrected chi connectivity index (χ4v) is 8.71. The summed E-state index contributed by atoms with van der Waals surface area (Å²) in [5.41, 5.74) is -0.239. The van der Waals surface area contributed by atoms with E-state index in [4.69, 9.17) is 9.15 Å². The number of carbonyl (C=O) groups excluding carboxylic acids is 1. The van der Waals surface area contributed by atoms with Crippen LogP contribution in [0.1, 0.15) is 76.2 Å². The van der Waals surface area contributed by atoms with Gasteiger partial charge in [-0.25, -0.2) is 0 Å². The molecule has 178 valence electrons. The predicted molar refractivity (Wildman–Crippen MR) is 120 cm³/mol. The smallest absolute Gasteiger partial charge is 0.303 e. The summed E-state index contributed by atoms with van der Waals surface area (Å²) in [5, 5.41) is 21.1. The second-order valence-corrected chi connectivity index (χ2v) is 11.8. The van der Waals surface area contributed by atoms with Crippen LogP contribution in [0.2, 0.25) is 0 Å². The highest BCUT2D eigenvalue weighted by atomic mass is 16.6. The van der Waals surface area contributed by atoms with E-state index >= 15 is 0 Å². The van der Waals surface area contributed by atoms with E-state index in [9.17, 15) is 19.8 Å². The van der Waals surface area contributed by atoms with Gasteiger partial charge in [0.25, 0.3) is 0 Å². The van der Waals surface area contributed by atoms with Crippen molar-refractivity contribution in [2.75, 3.05) is 0 Å². The molecule has 1 aromatic heterocycles. The second kappa shape index (κ2) is 6.82. The minimum absolute atomic E-state index is 0.00197. The number of aliphatic carboxylic acids is 1. The van der Waals surface area contributed by atoms with E-state index in [1.807, 2.05) is 19.1 Å². The Hall–Kier alpha value is -1.92. The van der Waals surface area contributed by atoms with Gasteiger partial charge in [-0.1, -0.05) is 19.4 Å². The van der Waals surface area contributed by atoms with Gasteiger partial charge in [0.05, 0.1) is 5.60 Å². The Morgan fingerprint density at radius 2 is 1.94 bits per heavy atom. The van der Waals surface area contributed by atoms with E-state index in [1.54, 1.807) is 0 Å². The molecule has 6 rings (SSSR count). The first kappa shape index (κ1) is 21.6. The molecule has 0 spiro atoms. The van der Waals surface area contributed by atoms with Gasteiger partial charge in [0, 0.05) is 17.8 Å². The number of aliphatic hydroxyl groups is 1. The van der Waals surface area contributed by atoms with Gasteiger partial charge in [-0.2, -0.15) is 0 Å². The van der Waals surface area contributed by atoms with Crippen molar-refractivity contribution in [1.82, 2.24) is 0 Å². The molecule has 9 atom stereocenters. The lowest BCUT2D eigenvalue weighted by Gasteiger charge is -2.60. The summed E-state index contributed by atoms with van der Waals surface area (Å²) >= 11 is 0. The van der Waals surface area contributed by atoms with Crippen LogP contribution in [0.3, 0.4) is 0 Å². The maximum absolute atomic E-state index is 12.6. The molecule has 2 N–H and O–H groups in total. The fourth-order valence-electron chi connectivity index (χ4n) is 8.71. The summed E-state index contributed by atoms with van der Waals surface area (Å²) in [4.78, 5) is 23.9. The zero-order valence-corrected chi connectivity index (χ0v) is 19.7. The molecule has 2 heterocycles. The van der Waals surface area contributed by atoms with Crippen molar-refractivity contribution in [3.05, 3.63) is 35.3 Å². The third-order valence-electron chi connectivity index (χ3n) is 10.6. The average Bonchev–Trinajstić information content (AvgIpc) is 3.41. The van der Waals surface area contributed by atoms with Crippen LogP contribution >= 0.6 is 0 Å². The number of rotatable bonds is 4. The summed E-state index contributed by atoms with van der Waals surface area (Å²) in [5.74, 6) is 2.18. The number of carbonyl (C=O) groups is 2. The number of hydrogen-bond acceptors (Lipinski definition) is 5.